The second-order valence-electron chi connectivity index (χ2n) is 7.94. The maximum atomic E-state index is 11.8. The second kappa shape index (κ2) is 9.23. The van der Waals surface area contributed by atoms with Gasteiger partial charge in [-0.1, -0.05) is 0 Å². The summed E-state index contributed by atoms with van der Waals surface area (Å²) in [6, 6.07) is -0.0655. The molecule has 160 valence electrons. The van der Waals surface area contributed by atoms with Crippen LogP contribution in [0.1, 0.15) is 61.1 Å². The minimum Gasteiger partial charge on any atom is -0.475 e. The molecule has 2 aliphatic rings. The SMILES string of the molecule is CC(C)(C)OC(=O)[C@@H]1CCCN1.Cl.O=C(O)c1nc2sc3c(c2c(=O)[nH]1)CCC3. The molecule has 0 unspecified atom stereocenters. The Morgan fingerprint density at radius 2 is 1.97 bits per heavy atom. The Balaban J connectivity index is 0.000000209. The van der Waals surface area contributed by atoms with Gasteiger partial charge in [0.15, 0.2) is 0 Å². The Morgan fingerprint density at radius 3 is 2.55 bits per heavy atom. The zero-order valence-corrected chi connectivity index (χ0v) is 18.3. The van der Waals surface area contributed by atoms with Crippen molar-refractivity contribution in [3.8, 4) is 0 Å². The summed E-state index contributed by atoms with van der Waals surface area (Å²) in [5.41, 5.74) is 0.369. The predicted molar refractivity (Wildman–Crippen MR) is 113 cm³/mol. The van der Waals surface area contributed by atoms with Crippen molar-refractivity contribution in [1.82, 2.24) is 15.3 Å². The first-order chi connectivity index (χ1) is 13.2. The molecule has 29 heavy (non-hydrogen) atoms. The van der Waals surface area contributed by atoms with E-state index in [-0.39, 0.29) is 41.4 Å². The van der Waals surface area contributed by atoms with Gasteiger partial charge in [-0.3, -0.25) is 9.59 Å². The largest absolute Gasteiger partial charge is 0.475 e. The lowest BCUT2D eigenvalue weighted by molar-refractivity contribution is -0.157. The van der Waals surface area contributed by atoms with Crippen LogP contribution in [0.25, 0.3) is 10.2 Å². The Hall–Kier alpha value is -1.97. The molecule has 0 amide bonds. The zero-order valence-electron chi connectivity index (χ0n) is 16.7. The van der Waals surface area contributed by atoms with E-state index in [0.717, 1.165) is 44.2 Å². The average Bonchev–Trinajstić information content (AvgIpc) is 3.30. The molecule has 4 rings (SSSR count). The zero-order chi connectivity index (χ0) is 20.5. The fourth-order valence-electron chi connectivity index (χ4n) is 3.36. The number of carboxylic acid groups (broad SMARTS) is 1. The number of carbonyl (C=O) groups is 2. The predicted octanol–water partition coefficient (Wildman–Crippen LogP) is 2.67. The van der Waals surface area contributed by atoms with E-state index < -0.39 is 5.97 Å². The molecular formula is C19H26ClN3O5S. The lowest BCUT2D eigenvalue weighted by Gasteiger charge is -2.21. The van der Waals surface area contributed by atoms with Gasteiger partial charge in [-0.05, 0) is 65.0 Å². The number of hydrogen-bond acceptors (Lipinski definition) is 7. The number of nitrogens with zero attached hydrogens (tertiary/aromatic N) is 1. The highest BCUT2D eigenvalue weighted by molar-refractivity contribution is 7.18. The number of nitrogens with one attached hydrogen (secondary N) is 2. The van der Waals surface area contributed by atoms with E-state index in [0.29, 0.717) is 10.2 Å². The van der Waals surface area contributed by atoms with E-state index in [9.17, 15) is 14.4 Å². The van der Waals surface area contributed by atoms with Crippen LogP contribution in [0.15, 0.2) is 4.79 Å². The second-order valence-corrected chi connectivity index (χ2v) is 9.02. The van der Waals surface area contributed by atoms with Crippen LogP contribution in [-0.4, -0.2) is 45.2 Å². The van der Waals surface area contributed by atoms with Crippen LogP contribution in [-0.2, 0) is 22.4 Å². The van der Waals surface area contributed by atoms with Gasteiger partial charge in [-0.15, -0.1) is 23.7 Å². The van der Waals surface area contributed by atoms with Gasteiger partial charge in [0, 0.05) is 4.88 Å². The van der Waals surface area contributed by atoms with Gasteiger partial charge < -0.3 is 20.1 Å². The smallest absolute Gasteiger partial charge is 0.372 e. The summed E-state index contributed by atoms with van der Waals surface area (Å²) in [7, 11) is 0. The van der Waals surface area contributed by atoms with Crippen LogP contribution in [0.2, 0.25) is 0 Å². The van der Waals surface area contributed by atoms with E-state index in [1.54, 1.807) is 0 Å². The fourth-order valence-corrected chi connectivity index (χ4v) is 4.62. The topological polar surface area (TPSA) is 121 Å². The minimum atomic E-state index is -1.20. The molecule has 2 aromatic heterocycles. The van der Waals surface area contributed by atoms with E-state index >= 15 is 0 Å². The molecule has 8 nitrogen and oxygen atoms in total. The van der Waals surface area contributed by atoms with Gasteiger partial charge in [-0.25, -0.2) is 9.78 Å². The number of aryl methyl sites for hydroxylation is 2. The van der Waals surface area contributed by atoms with Gasteiger partial charge >= 0.3 is 11.9 Å². The van der Waals surface area contributed by atoms with E-state index in [1.807, 2.05) is 20.8 Å². The van der Waals surface area contributed by atoms with Crippen molar-refractivity contribution in [2.75, 3.05) is 6.54 Å². The quantitative estimate of drug-likeness (QED) is 0.610. The number of thiophene rings is 1. The number of fused-ring (bicyclic) bond motifs is 3. The maximum absolute atomic E-state index is 11.8. The molecule has 0 spiro atoms. The molecule has 0 bridgehead atoms. The number of rotatable bonds is 2. The molecule has 0 aromatic carbocycles. The number of aromatic carboxylic acids is 1. The summed E-state index contributed by atoms with van der Waals surface area (Å²) in [5, 5.41) is 12.5. The Bertz CT molecular complexity index is 957. The van der Waals surface area contributed by atoms with E-state index in [4.69, 9.17) is 9.84 Å². The highest BCUT2D eigenvalue weighted by atomic mass is 35.5. The van der Waals surface area contributed by atoms with Crippen molar-refractivity contribution in [3.63, 3.8) is 0 Å². The third-order valence-electron chi connectivity index (χ3n) is 4.53. The Labute approximate surface area is 178 Å². The van der Waals surface area contributed by atoms with Gasteiger partial charge in [0.1, 0.15) is 16.5 Å². The third-order valence-corrected chi connectivity index (χ3v) is 5.71. The molecular weight excluding hydrogens is 418 g/mol. The maximum Gasteiger partial charge on any atom is 0.372 e. The molecule has 1 saturated heterocycles. The van der Waals surface area contributed by atoms with Crippen molar-refractivity contribution in [1.29, 1.82) is 0 Å². The first kappa shape index (κ1) is 23.3. The molecule has 10 heteroatoms. The number of ether oxygens (including phenoxy) is 1. The van der Waals surface area contributed by atoms with Gasteiger partial charge in [0.25, 0.3) is 5.56 Å². The minimum absolute atomic E-state index is 0. The molecule has 0 saturated carbocycles. The summed E-state index contributed by atoms with van der Waals surface area (Å²) in [5.74, 6) is -1.59. The molecule has 1 fully saturated rings. The highest BCUT2D eigenvalue weighted by Gasteiger charge is 2.27. The standard InChI is InChI=1S/C10H8N2O3S.C9H17NO2.ClH/c13-8-6-4-2-1-3-5(4)16-9(6)12-7(11-8)10(14)15;1-9(2,3)12-8(11)7-5-4-6-10-7;/h1-3H2,(H,14,15)(H,11,12,13);7,10H,4-6H2,1-3H3;1H/t;7-;/m.0./s1. The van der Waals surface area contributed by atoms with Gasteiger partial charge in [-0.2, -0.15) is 0 Å². The number of halogens is 1. The summed E-state index contributed by atoms with van der Waals surface area (Å²) < 4.78 is 5.22. The molecule has 1 aliphatic heterocycles. The van der Waals surface area contributed by atoms with Crippen molar-refractivity contribution >= 4 is 45.9 Å². The third kappa shape index (κ3) is 5.55. The number of H-pyrrole nitrogens is 1. The normalized spacial score (nSPS) is 17.8. The molecule has 3 N–H and O–H groups in total. The summed E-state index contributed by atoms with van der Waals surface area (Å²) in [4.78, 5) is 41.9. The van der Waals surface area contributed by atoms with Crippen LogP contribution in [0.3, 0.4) is 0 Å². The van der Waals surface area contributed by atoms with Crippen LogP contribution in [0.4, 0.5) is 0 Å². The van der Waals surface area contributed by atoms with Crippen molar-refractivity contribution in [2.45, 2.75) is 64.5 Å². The van der Waals surface area contributed by atoms with E-state index in [2.05, 4.69) is 15.3 Å². The molecule has 1 atom stereocenters. The summed E-state index contributed by atoms with van der Waals surface area (Å²) >= 11 is 1.44. The number of carboxylic acids is 1. The summed E-state index contributed by atoms with van der Waals surface area (Å²) in [6.07, 6.45) is 4.92. The van der Waals surface area contributed by atoms with Gasteiger partial charge in [0.05, 0.1) is 5.39 Å². The Morgan fingerprint density at radius 1 is 1.24 bits per heavy atom. The van der Waals surface area contributed by atoms with E-state index in [1.165, 1.54) is 16.2 Å². The average molecular weight is 444 g/mol. The number of hydrogen-bond donors (Lipinski definition) is 3. The van der Waals surface area contributed by atoms with Crippen LogP contribution >= 0.6 is 23.7 Å². The summed E-state index contributed by atoms with van der Waals surface area (Å²) in [6.45, 7) is 6.60. The van der Waals surface area contributed by atoms with Crippen molar-refractivity contribution in [2.24, 2.45) is 0 Å². The fraction of sp³-hybridized carbons (Fsp3) is 0.579. The lowest BCUT2D eigenvalue weighted by atomic mass is 10.2. The number of esters is 1. The number of aromatic nitrogens is 2. The molecule has 3 heterocycles. The molecule has 0 radical (unpaired) electrons. The number of aromatic amines is 1. The monoisotopic (exact) mass is 443 g/mol. The molecule has 2 aromatic rings. The van der Waals surface area contributed by atoms with Crippen LogP contribution < -0.4 is 10.9 Å². The van der Waals surface area contributed by atoms with Crippen LogP contribution in [0.5, 0.6) is 0 Å². The molecule has 1 aliphatic carbocycles. The number of carbonyl (C=O) groups excluding carboxylic acids is 1. The lowest BCUT2D eigenvalue weighted by Crippen LogP contribution is -2.37. The van der Waals surface area contributed by atoms with Crippen molar-refractivity contribution < 1.29 is 19.4 Å². The van der Waals surface area contributed by atoms with Gasteiger partial charge in [0.2, 0.25) is 5.82 Å². The van der Waals surface area contributed by atoms with Crippen LogP contribution in [0, 0.1) is 0 Å². The first-order valence-corrected chi connectivity index (χ1v) is 10.2. The highest BCUT2D eigenvalue weighted by Crippen LogP contribution is 2.34. The van der Waals surface area contributed by atoms with Crippen molar-refractivity contribution in [3.05, 3.63) is 26.6 Å². The first-order valence-electron chi connectivity index (χ1n) is 9.40. The Kier molecular flexibility index (Phi) is 7.42.